The number of halogens is 2. The minimum absolute atomic E-state index is 0.0797. The van der Waals surface area contributed by atoms with Crippen molar-refractivity contribution in [3.05, 3.63) is 11.8 Å². The van der Waals surface area contributed by atoms with Gasteiger partial charge in [-0.3, -0.25) is 9.89 Å². The largest absolute Gasteiger partial charge is 0.383 e. The fourth-order valence-corrected chi connectivity index (χ4v) is 0.962. The summed E-state index contributed by atoms with van der Waals surface area (Å²) in [5.41, 5.74) is 5.46. The van der Waals surface area contributed by atoms with Crippen LogP contribution in [-0.4, -0.2) is 41.0 Å². The number of amides is 1. The lowest BCUT2D eigenvalue weighted by molar-refractivity contribution is 0.0621. The summed E-state index contributed by atoms with van der Waals surface area (Å²) in [5, 5.41) is 5.87. The predicted octanol–water partition coefficient (Wildman–Crippen LogP) is 0.329. The first-order chi connectivity index (χ1) is 6.52. The van der Waals surface area contributed by atoms with Crippen LogP contribution in [-0.2, 0) is 0 Å². The number of hydrogen-bond acceptors (Lipinski definition) is 3. The van der Waals surface area contributed by atoms with Crippen LogP contribution >= 0.6 is 0 Å². The molecule has 0 unspecified atom stereocenters. The number of nitrogens with zero attached hydrogens (tertiary/aromatic N) is 2. The second-order valence-electron chi connectivity index (χ2n) is 2.77. The first-order valence-electron chi connectivity index (χ1n) is 3.85. The first-order valence-corrected chi connectivity index (χ1v) is 3.85. The number of nitrogen functional groups attached to an aromatic ring is 1. The summed E-state index contributed by atoms with van der Waals surface area (Å²) in [6.07, 6.45) is -1.35. The topological polar surface area (TPSA) is 75.0 Å². The van der Waals surface area contributed by atoms with Crippen molar-refractivity contribution in [3.63, 3.8) is 0 Å². The summed E-state index contributed by atoms with van der Waals surface area (Å²) < 4.78 is 23.9. The number of carbonyl (C=O) groups excluding carboxylic acids is 1. The third-order valence-corrected chi connectivity index (χ3v) is 1.66. The highest BCUT2D eigenvalue weighted by molar-refractivity contribution is 5.97. The number of rotatable bonds is 3. The van der Waals surface area contributed by atoms with E-state index in [0.29, 0.717) is 0 Å². The van der Waals surface area contributed by atoms with E-state index in [4.69, 9.17) is 5.73 Å². The molecule has 1 amide bonds. The molecule has 78 valence electrons. The molecule has 14 heavy (non-hydrogen) atoms. The van der Waals surface area contributed by atoms with Crippen LogP contribution in [0.15, 0.2) is 6.20 Å². The Kier molecular flexibility index (Phi) is 3.00. The molecule has 1 aromatic heterocycles. The average molecular weight is 204 g/mol. The minimum atomic E-state index is -2.56. The summed E-state index contributed by atoms with van der Waals surface area (Å²) in [5.74, 6) is -0.493. The van der Waals surface area contributed by atoms with Gasteiger partial charge in [0, 0.05) is 7.05 Å². The lowest BCUT2D eigenvalue weighted by atomic mass is 10.3. The molecule has 0 aromatic carbocycles. The molecule has 3 N–H and O–H groups in total. The molecule has 0 spiro atoms. The van der Waals surface area contributed by atoms with Gasteiger partial charge in [-0.25, -0.2) is 8.78 Å². The van der Waals surface area contributed by atoms with E-state index in [1.807, 2.05) is 0 Å². The quantitative estimate of drug-likeness (QED) is 0.744. The van der Waals surface area contributed by atoms with Gasteiger partial charge in [0.25, 0.3) is 12.3 Å². The highest BCUT2D eigenvalue weighted by atomic mass is 19.3. The Morgan fingerprint density at radius 2 is 2.43 bits per heavy atom. The van der Waals surface area contributed by atoms with E-state index >= 15 is 0 Å². The van der Waals surface area contributed by atoms with Crippen molar-refractivity contribution in [2.45, 2.75) is 6.43 Å². The number of hydrogen-bond donors (Lipinski definition) is 2. The molecule has 0 aliphatic heterocycles. The number of aromatic amines is 1. The number of nitrogens with one attached hydrogen (secondary N) is 1. The Labute approximate surface area is 78.9 Å². The molecule has 0 atom stereocenters. The molecule has 1 rings (SSSR count). The molecule has 0 bridgehead atoms. The SMILES string of the molecule is CN(CC(F)F)C(=O)c1cn[nH]c1N. The fourth-order valence-electron chi connectivity index (χ4n) is 0.962. The Bertz CT molecular complexity index is 325. The Morgan fingerprint density at radius 1 is 1.79 bits per heavy atom. The molecule has 0 fully saturated rings. The lowest BCUT2D eigenvalue weighted by Crippen LogP contribution is -2.31. The predicted molar refractivity (Wildman–Crippen MR) is 46.0 cm³/mol. The maximum absolute atomic E-state index is 11.9. The van der Waals surface area contributed by atoms with Crippen molar-refractivity contribution >= 4 is 11.7 Å². The van der Waals surface area contributed by atoms with E-state index in [9.17, 15) is 13.6 Å². The zero-order valence-electron chi connectivity index (χ0n) is 7.50. The molecule has 1 heterocycles. The van der Waals surface area contributed by atoms with E-state index in [-0.39, 0.29) is 11.4 Å². The molecule has 0 radical (unpaired) electrons. The van der Waals surface area contributed by atoms with Gasteiger partial charge in [-0.2, -0.15) is 5.10 Å². The third-order valence-electron chi connectivity index (χ3n) is 1.66. The molecule has 0 aliphatic carbocycles. The maximum atomic E-state index is 11.9. The first kappa shape index (κ1) is 10.4. The van der Waals surface area contributed by atoms with Crippen molar-refractivity contribution in [1.29, 1.82) is 0 Å². The number of aromatic nitrogens is 2. The smallest absolute Gasteiger partial charge is 0.259 e. The number of anilines is 1. The van der Waals surface area contributed by atoms with Crippen LogP contribution in [0.3, 0.4) is 0 Å². The van der Waals surface area contributed by atoms with Crippen molar-refractivity contribution in [1.82, 2.24) is 15.1 Å². The van der Waals surface area contributed by atoms with Crippen LogP contribution in [0, 0.1) is 0 Å². The minimum Gasteiger partial charge on any atom is -0.383 e. The summed E-state index contributed by atoms with van der Waals surface area (Å²) in [6, 6.07) is 0. The fraction of sp³-hybridized carbons (Fsp3) is 0.429. The zero-order valence-corrected chi connectivity index (χ0v) is 7.50. The molecule has 0 aliphatic rings. The van der Waals surface area contributed by atoms with E-state index in [2.05, 4.69) is 10.2 Å². The summed E-state index contributed by atoms with van der Waals surface area (Å²) >= 11 is 0. The molecule has 7 heteroatoms. The Hall–Kier alpha value is -1.66. The van der Waals surface area contributed by atoms with Gasteiger partial charge in [-0.15, -0.1) is 0 Å². The third kappa shape index (κ3) is 2.18. The van der Waals surface area contributed by atoms with E-state index in [1.54, 1.807) is 0 Å². The van der Waals surface area contributed by atoms with Crippen LogP contribution in [0.2, 0.25) is 0 Å². The standard InChI is InChI=1S/C7H10F2N4O/c1-13(3-5(8)9)7(14)4-2-11-12-6(4)10/h2,5H,3H2,1H3,(H3,10,11,12). The van der Waals surface area contributed by atoms with Gasteiger partial charge in [-0.05, 0) is 0 Å². The average Bonchev–Trinajstić information content (AvgIpc) is 2.48. The Balaban J connectivity index is 2.71. The molecular weight excluding hydrogens is 194 g/mol. The normalized spacial score (nSPS) is 10.6. The second kappa shape index (κ2) is 4.03. The number of carbonyl (C=O) groups is 1. The van der Waals surface area contributed by atoms with Crippen LogP contribution < -0.4 is 5.73 Å². The zero-order chi connectivity index (χ0) is 10.7. The lowest BCUT2D eigenvalue weighted by Gasteiger charge is -2.15. The molecular formula is C7H10F2N4O. The van der Waals surface area contributed by atoms with Crippen molar-refractivity contribution in [3.8, 4) is 0 Å². The van der Waals surface area contributed by atoms with Gasteiger partial charge in [-0.1, -0.05) is 0 Å². The highest BCUT2D eigenvalue weighted by Crippen LogP contribution is 2.09. The van der Waals surface area contributed by atoms with Crippen molar-refractivity contribution < 1.29 is 13.6 Å². The van der Waals surface area contributed by atoms with Crippen LogP contribution in [0.25, 0.3) is 0 Å². The highest BCUT2D eigenvalue weighted by Gasteiger charge is 2.18. The second-order valence-corrected chi connectivity index (χ2v) is 2.77. The number of alkyl halides is 2. The summed E-state index contributed by atoms with van der Waals surface area (Å²) in [4.78, 5) is 12.3. The van der Waals surface area contributed by atoms with Crippen LogP contribution in [0.4, 0.5) is 14.6 Å². The summed E-state index contributed by atoms with van der Waals surface area (Å²) in [7, 11) is 1.28. The van der Waals surface area contributed by atoms with Crippen molar-refractivity contribution in [2.24, 2.45) is 0 Å². The maximum Gasteiger partial charge on any atom is 0.259 e. The van der Waals surface area contributed by atoms with E-state index < -0.39 is 18.9 Å². The van der Waals surface area contributed by atoms with E-state index in [1.165, 1.54) is 13.2 Å². The van der Waals surface area contributed by atoms with Gasteiger partial charge < -0.3 is 10.6 Å². The molecule has 5 nitrogen and oxygen atoms in total. The Morgan fingerprint density at radius 3 is 2.86 bits per heavy atom. The van der Waals surface area contributed by atoms with Crippen LogP contribution in [0.1, 0.15) is 10.4 Å². The van der Waals surface area contributed by atoms with Crippen LogP contribution in [0.5, 0.6) is 0 Å². The van der Waals surface area contributed by atoms with Gasteiger partial charge in [0.15, 0.2) is 0 Å². The molecule has 1 aromatic rings. The number of nitrogens with two attached hydrogens (primary N) is 1. The van der Waals surface area contributed by atoms with Gasteiger partial charge in [0.05, 0.1) is 12.7 Å². The van der Waals surface area contributed by atoms with E-state index in [0.717, 1.165) is 4.90 Å². The summed E-state index contributed by atoms with van der Waals surface area (Å²) in [6.45, 7) is -0.622. The molecule has 0 saturated heterocycles. The van der Waals surface area contributed by atoms with Gasteiger partial charge in [0.1, 0.15) is 11.4 Å². The molecule has 0 saturated carbocycles. The van der Waals surface area contributed by atoms with Gasteiger partial charge in [0.2, 0.25) is 0 Å². The van der Waals surface area contributed by atoms with Gasteiger partial charge >= 0.3 is 0 Å². The number of H-pyrrole nitrogens is 1. The van der Waals surface area contributed by atoms with Crippen molar-refractivity contribution in [2.75, 3.05) is 19.3 Å². The monoisotopic (exact) mass is 204 g/mol.